The van der Waals surface area contributed by atoms with E-state index in [2.05, 4.69) is 51.8 Å². The summed E-state index contributed by atoms with van der Waals surface area (Å²) in [7, 11) is 0. The lowest BCUT2D eigenvalue weighted by Crippen LogP contribution is -2.50. The van der Waals surface area contributed by atoms with Gasteiger partial charge in [-0.1, -0.05) is 60.8 Å². The third kappa shape index (κ3) is 8.92. The molecule has 4 rings (SSSR count). The predicted molar refractivity (Wildman–Crippen MR) is 185 cm³/mol. The van der Waals surface area contributed by atoms with Crippen molar-refractivity contribution in [3.05, 3.63) is 29.3 Å². The van der Waals surface area contributed by atoms with Crippen molar-refractivity contribution in [2.75, 3.05) is 5.32 Å². The Kier molecular flexibility index (Phi) is 13.0. The van der Waals surface area contributed by atoms with Gasteiger partial charge in [0.05, 0.1) is 0 Å². The van der Waals surface area contributed by atoms with Crippen LogP contribution in [0.25, 0.3) is 0 Å². The van der Waals surface area contributed by atoms with Gasteiger partial charge in [-0.25, -0.2) is 0 Å². The molecule has 3 fully saturated rings. The maximum absolute atomic E-state index is 14.6. The van der Waals surface area contributed by atoms with E-state index < -0.39 is 5.91 Å². The molecule has 6 heteroatoms. The zero-order chi connectivity index (χ0) is 32.7. The number of amides is 3. The average Bonchev–Trinajstić information content (AvgIpc) is 3.07. The highest BCUT2D eigenvalue weighted by Gasteiger charge is 2.38. The lowest BCUT2D eigenvalue weighted by atomic mass is 9.75. The molecule has 1 aromatic rings. The first-order valence-corrected chi connectivity index (χ1v) is 18.6. The highest BCUT2D eigenvalue weighted by molar-refractivity contribution is 6.02. The van der Waals surface area contributed by atoms with E-state index in [4.69, 9.17) is 5.73 Å². The van der Waals surface area contributed by atoms with Crippen molar-refractivity contribution in [1.29, 1.82) is 0 Å². The zero-order valence-corrected chi connectivity index (χ0v) is 29.3. The molecule has 252 valence electrons. The van der Waals surface area contributed by atoms with Crippen LogP contribution in [-0.4, -0.2) is 34.7 Å². The Balaban J connectivity index is 1.55. The molecule has 3 N–H and O–H groups in total. The Morgan fingerprint density at radius 3 is 1.47 bits per heavy atom. The summed E-state index contributed by atoms with van der Waals surface area (Å²) in [6.07, 6.45) is 16.3. The molecule has 0 heterocycles. The van der Waals surface area contributed by atoms with Crippen molar-refractivity contribution in [2.24, 2.45) is 47.2 Å². The molecule has 0 spiro atoms. The van der Waals surface area contributed by atoms with E-state index in [-0.39, 0.29) is 35.4 Å². The van der Waals surface area contributed by atoms with Gasteiger partial charge in [0, 0.05) is 34.8 Å². The van der Waals surface area contributed by atoms with Crippen LogP contribution in [0.2, 0.25) is 0 Å². The number of nitrogens with one attached hydrogen (secondary N) is 1. The van der Waals surface area contributed by atoms with Gasteiger partial charge in [0.15, 0.2) is 0 Å². The van der Waals surface area contributed by atoms with Crippen LogP contribution in [0.5, 0.6) is 0 Å². The number of hydrogen-bond donors (Lipinski definition) is 2. The molecule has 0 bridgehead atoms. The maximum atomic E-state index is 14.6. The highest BCUT2D eigenvalue weighted by atomic mass is 16.2. The Morgan fingerprint density at radius 1 is 0.667 bits per heavy atom. The SMILES string of the molecule is CCC(C)C1CCC(C(=O)Nc2cc(C(N)=O)cc(C(=O)N(C3CCC(C(C)CC)CC3)C3CCC(C(C)CC)CC3)c2)CC1. The van der Waals surface area contributed by atoms with Gasteiger partial charge >= 0.3 is 0 Å². The first-order valence-electron chi connectivity index (χ1n) is 18.6. The Labute approximate surface area is 274 Å². The third-order valence-electron chi connectivity index (χ3n) is 12.7. The topological polar surface area (TPSA) is 92.5 Å². The van der Waals surface area contributed by atoms with Crippen molar-refractivity contribution >= 4 is 23.4 Å². The Hall–Kier alpha value is -2.37. The minimum atomic E-state index is -0.580. The summed E-state index contributed by atoms with van der Waals surface area (Å²) in [5.74, 6) is 3.61. The number of carbonyl (C=O) groups excluding carboxylic acids is 3. The summed E-state index contributed by atoms with van der Waals surface area (Å²) in [6.45, 7) is 13.9. The van der Waals surface area contributed by atoms with Crippen LogP contribution in [0.15, 0.2) is 18.2 Å². The summed E-state index contributed by atoms with van der Waals surface area (Å²) in [5, 5.41) is 3.09. The largest absolute Gasteiger partial charge is 0.366 e. The second-order valence-electron chi connectivity index (χ2n) is 15.3. The van der Waals surface area contributed by atoms with Gasteiger partial charge in [-0.2, -0.15) is 0 Å². The molecule has 3 saturated carbocycles. The van der Waals surface area contributed by atoms with Gasteiger partial charge in [-0.15, -0.1) is 0 Å². The minimum Gasteiger partial charge on any atom is -0.366 e. The fraction of sp³-hybridized carbons (Fsp3) is 0.769. The summed E-state index contributed by atoms with van der Waals surface area (Å²) < 4.78 is 0. The van der Waals surface area contributed by atoms with Crippen LogP contribution in [0, 0.1) is 41.4 Å². The van der Waals surface area contributed by atoms with Crippen LogP contribution < -0.4 is 11.1 Å². The Bertz CT molecular complexity index is 1100. The smallest absolute Gasteiger partial charge is 0.254 e. The normalized spacial score (nSPS) is 29.3. The van der Waals surface area contributed by atoms with Gasteiger partial charge in [0.25, 0.3) is 5.91 Å². The number of carbonyl (C=O) groups is 3. The van der Waals surface area contributed by atoms with Crippen LogP contribution in [0.4, 0.5) is 5.69 Å². The van der Waals surface area contributed by atoms with Crippen molar-refractivity contribution in [3.8, 4) is 0 Å². The van der Waals surface area contributed by atoms with Gasteiger partial charge in [0.2, 0.25) is 11.8 Å². The zero-order valence-electron chi connectivity index (χ0n) is 29.3. The van der Waals surface area contributed by atoms with Gasteiger partial charge < -0.3 is 16.0 Å². The standard InChI is InChI=1S/C39H63N3O3/c1-7-25(4)28-10-12-31(13-11-28)38(44)41-34-23-32(37(40)43)22-33(24-34)39(45)42(35-18-14-29(15-19-35)26(5)8-2)36-20-16-30(17-21-36)27(6)9-3/h22-31,35-36H,7-21H2,1-6H3,(H2,40,43)(H,41,44). The van der Waals surface area contributed by atoms with Crippen LogP contribution in [-0.2, 0) is 4.79 Å². The quantitative estimate of drug-likeness (QED) is 0.244. The van der Waals surface area contributed by atoms with Crippen molar-refractivity contribution in [2.45, 2.75) is 150 Å². The molecule has 6 nitrogen and oxygen atoms in total. The van der Waals surface area contributed by atoms with E-state index in [9.17, 15) is 14.4 Å². The first kappa shape index (κ1) is 35.5. The molecular weight excluding hydrogens is 558 g/mol. The predicted octanol–water partition coefficient (Wildman–Crippen LogP) is 9.23. The van der Waals surface area contributed by atoms with Gasteiger partial charge in [-0.05, 0) is 131 Å². The minimum absolute atomic E-state index is 0.0124. The van der Waals surface area contributed by atoms with Crippen molar-refractivity contribution in [3.63, 3.8) is 0 Å². The number of benzene rings is 1. The van der Waals surface area contributed by atoms with Crippen LogP contribution in [0.3, 0.4) is 0 Å². The molecular formula is C39H63N3O3. The van der Waals surface area contributed by atoms with E-state index in [1.54, 1.807) is 18.2 Å². The summed E-state index contributed by atoms with van der Waals surface area (Å²) in [6, 6.07) is 5.50. The van der Waals surface area contributed by atoms with E-state index in [1.165, 1.54) is 19.3 Å². The number of rotatable bonds is 12. The molecule has 3 amide bonds. The van der Waals surface area contributed by atoms with E-state index in [0.717, 1.165) is 88.9 Å². The van der Waals surface area contributed by atoms with Crippen molar-refractivity contribution < 1.29 is 14.4 Å². The van der Waals surface area contributed by atoms with E-state index in [1.807, 2.05) is 0 Å². The number of hydrogen-bond acceptors (Lipinski definition) is 3. The second kappa shape index (κ2) is 16.5. The molecule has 0 saturated heterocycles. The molecule has 3 aliphatic rings. The lowest BCUT2D eigenvalue weighted by molar-refractivity contribution is -0.121. The number of nitrogens with zero attached hydrogens (tertiary/aromatic N) is 1. The average molecular weight is 622 g/mol. The van der Waals surface area contributed by atoms with Gasteiger partial charge in [-0.3, -0.25) is 14.4 Å². The number of nitrogens with two attached hydrogens (primary N) is 1. The first-order chi connectivity index (χ1) is 21.6. The molecule has 0 aromatic heterocycles. The second-order valence-corrected chi connectivity index (χ2v) is 15.3. The molecule has 0 aliphatic heterocycles. The van der Waals surface area contributed by atoms with E-state index >= 15 is 0 Å². The molecule has 0 radical (unpaired) electrons. The molecule has 3 unspecified atom stereocenters. The monoisotopic (exact) mass is 621 g/mol. The Morgan fingerprint density at radius 2 is 1.07 bits per heavy atom. The van der Waals surface area contributed by atoms with Crippen LogP contribution in [0.1, 0.15) is 159 Å². The number of anilines is 1. The summed E-state index contributed by atoms with van der Waals surface area (Å²) >= 11 is 0. The third-order valence-corrected chi connectivity index (χ3v) is 12.7. The van der Waals surface area contributed by atoms with Crippen molar-refractivity contribution in [1.82, 2.24) is 4.90 Å². The molecule has 3 aliphatic carbocycles. The van der Waals surface area contributed by atoms with Gasteiger partial charge in [0.1, 0.15) is 0 Å². The fourth-order valence-corrected chi connectivity index (χ4v) is 8.84. The molecule has 45 heavy (non-hydrogen) atoms. The van der Waals surface area contributed by atoms with E-state index in [0.29, 0.717) is 34.9 Å². The molecule has 1 aromatic carbocycles. The number of primary amides is 1. The highest BCUT2D eigenvalue weighted by Crippen LogP contribution is 2.40. The fourth-order valence-electron chi connectivity index (χ4n) is 8.84. The summed E-state index contributed by atoms with van der Waals surface area (Å²) in [5.41, 5.74) is 7.03. The lowest BCUT2D eigenvalue weighted by Gasteiger charge is -2.45. The summed E-state index contributed by atoms with van der Waals surface area (Å²) in [4.78, 5) is 42.7. The maximum Gasteiger partial charge on any atom is 0.254 e. The molecule has 3 atom stereocenters. The van der Waals surface area contributed by atoms with Crippen LogP contribution >= 0.6 is 0 Å².